The van der Waals surface area contributed by atoms with Crippen LogP contribution in [-0.2, 0) is 0 Å². The van der Waals surface area contributed by atoms with Gasteiger partial charge in [-0.05, 0) is 24.3 Å². The minimum atomic E-state index is 0.404. The van der Waals surface area contributed by atoms with Gasteiger partial charge in [-0.3, -0.25) is 0 Å². The fraction of sp³-hybridized carbons (Fsp3) is 0. The molecule has 5 heteroatoms. The van der Waals surface area contributed by atoms with E-state index in [0.717, 1.165) is 5.69 Å². The summed E-state index contributed by atoms with van der Waals surface area (Å²) in [5, 5.41) is 4.18. The SMILES string of the molecule is Clc1ccc(Nc2cc(Cl)ncn2)cc1. The van der Waals surface area contributed by atoms with Crippen molar-refractivity contribution in [3.05, 3.63) is 46.8 Å². The number of hydrogen-bond donors (Lipinski definition) is 1. The van der Waals surface area contributed by atoms with Gasteiger partial charge in [-0.2, -0.15) is 0 Å². The third-order valence-electron chi connectivity index (χ3n) is 1.75. The van der Waals surface area contributed by atoms with E-state index in [2.05, 4.69) is 15.3 Å². The minimum Gasteiger partial charge on any atom is -0.340 e. The Labute approximate surface area is 97.1 Å². The predicted molar refractivity (Wildman–Crippen MR) is 61.8 cm³/mol. The Morgan fingerprint density at radius 3 is 2.40 bits per heavy atom. The molecule has 1 aromatic heterocycles. The highest BCUT2D eigenvalue weighted by atomic mass is 35.5. The van der Waals surface area contributed by atoms with Crippen LogP contribution in [0.2, 0.25) is 10.2 Å². The summed E-state index contributed by atoms with van der Waals surface area (Å²) in [4.78, 5) is 7.81. The molecule has 15 heavy (non-hydrogen) atoms. The summed E-state index contributed by atoms with van der Waals surface area (Å²) in [7, 11) is 0. The third kappa shape index (κ3) is 2.81. The van der Waals surface area contributed by atoms with E-state index in [-0.39, 0.29) is 0 Å². The Balaban J connectivity index is 2.18. The summed E-state index contributed by atoms with van der Waals surface area (Å²) in [6.07, 6.45) is 1.40. The van der Waals surface area contributed by atoms with Gasteiger partial charge in [0.1, 0.15) is 17.3 Å². The monoisotopic (exact) mass is 239 g/mol. The molecule has 1 aromatic carbocycles. The van der Waals surface area contributed by atoms with Crippen molar-refractivity contribution in [3.8, 4) is 0 Å². The number of aromatic nitrogens is 2. The first-order valence-electron chi connectivity index (χ1n) is 4.24. The predicted octanol–water partition coefficient (Wildman–Crippen LogP) is 3.53. The van der Waals surface area contributed by atoms with E-state index in [9.17, 15) is 0 Å². The molecule has 0 aliphatic carbocycles. The maximum absolute atomic E-state index is 5.77. The summed E-state index contributed by atoms with van der Waals surface area (Å²) in [6, 6.07) is 8.96. The molecule has 0 radical (unpaired) electrons. The summed E-state index contributed by atoms with van der Waals surface area (Å²) in [6.45, 7) is 0. The molecule has 0 saturated carbocycles. The first kappa shape index (κ1) is 10.2. The van der Waals surface area contributed by atoms with Crippen LogP contribution >= 0.6 is 23.2 Å². The summed E-state index contributed by atoms with van der Waals surface area (Å²) < 4.78 is 0. The van der Waals surface area contributed by atoms with Crippen molar-refractivity contribution in [1.29, 1.82) is 0 Å². The van der Waals surface area contributed by atoms with Crippen LogP contribution in [0.1, 0.15) is 0 Å². The molecule has 0 amide bonds. The molecule has 0 atom stereocenters. The van der Waals surface area contributed by atoms with Crippen LogP contribution in [0.4, 0.5) is 11.5 Å². The molecular weight excluding hydrogens is 233 g/mol. The van der Waals surface area contributed by atoms with E-state index >= 15 is 0 Å². The second kappa shape index (κ2) is 4.47. The zero-order valence-electron chi connectivity index (χ0n) is 7.61. The number of rotatable bonds is 2. The molecule has 0 spiro atoms. The molecule has 3 nitrogen and oxygen atoms in total. The van der Waals surface area contributed by atoms with Gasteiger partial charge in [-0.25, -0.2) is 9.97 Å². The Kier molecular flexibility index (Phi) is 3.04. The summed E-state index contributed by atoms with van der Waals surface area (Å²) >= 11 is 11.5. The topological polar surface area (TPSA) is 37.8 Å². The summed E-state index contributed by atoms with van der Waals surface area (Å²) in [5.41, 5.74) is 0.897. The largest absolute Gasteiger partial charge is 0.340 e. The van der Waals surface area contributed by atoms with E-state index in [1.807, 2.05) is 12.1 Å². The lowest BCUT2D eigenvalue weighted by Gasteiger charge is -2.04. The van der Waals surface area contributed by atoms with Crippen LogP contribution in [0.5, 0.6) is 0 Å². The average molecular weight is 240 g/mol. The Bertz CT molecular complexity index is 456. The van der Waals surface area contributed by atoms with Crippen molar-refractivity contribution in [3.63, 3.8) is 0 Å². The molecule has 1 heterocycles. The van der Waals surface area contributed by atoms with Gasteiger partial charge in [0.15, 0.2) is 0 Å². The third-order valence-corrected chi connectivity index (χ3v) is 2.21. The Hall–Kier alpha value is -1.32. The highest BCUT2D eigenvalue weighted by molar-refractivity contribution is 6.30. The first-order valence-corrected chi connectivity index (χ1v) is 5.00. The van der Waals surface area contributed by atoms with E-state index in [4.69, 9.17) is 23.2 Å². The van der Waals surface area contributed by atoms with Crippen molar-refractivity contribution in [2.24, 2.45) is 0 Å². The van der Waals surface area contributed by atoms with Crippen molar-refractivity contribution in [2.45, 2.75) is 0 Å². The van der Waals surface area contributed by atoms with Crippen LogP contribution in [0.15, 0.2) is 36.7 Å². The number of benzene rings is 1. The first-order chi connectivity index (χ1) is 7.24. The highest BCUT2D eigenvalue weighted by Gasteiger charge is 1.97. The van der Waals surface area contributed by atoms with Gasteiger partial charge in [0, 0.05) is 16.8 Å². The van der Waals surface area contributed by atoms with Crippen molar-refractivity contribution < 1.29 is 0 Å². The lowest BCUT2D eigenvalue weighted by Crippen LogP contribution is -1.93. The molecule has 0 bridgehead atoms. The second-order valence-corrected chi connectivity index (χ2v) is 3.68. The molecule has 1 N–H and O–H groups in total. The van der Waals surface area contributed by atoms with E-state index in [0.29, 0.717) is 16.0 Å². The van der Waals surface area contributed by atoms with Crippen LogP contribution in [0.25, 0.3) is 0 Å². The minimum absolute atomic E-state index is 0.404. The Morgan fingerprint density at radius 2 is 1.73 bits per heavy atom. The van der Waals surface area contributed by atoms with Gasteiger partial charge in [-0.1, -0.05) is 23.2 Å². The van der Waals surface area contributed by atoms with E-state index in [1.165, 1.54) is 6.33 Å². The van der Waals surface area contributed by atoms with Gasteiger partial charge in [0.25, 0.3) is 0 Å². The molecule has 0 fully saturated rings. The quantitative estimate of drug-likeness (QED) is 0.816. The van der Waals surface area contributed by atoms with E-state index in [1.54, 1.807) is 18.2 Å². The number of nitrogens with zero attached hydrogens (tertiary/aromatic N) is 2. The fourth-order valence-corrected chi connectivity index (χ4v) is 1.36. The lowest BCUT2D eigenvalue weighted by atomic mass is 10.3. The molecule has 0 saturated heterocycles. The van der Waals surface area contributed by atoms with E-state index < -0.39 is 0 Å². The zero-order chi connectivity index (χ0) is 10.7. The van der Waals surface area contributed by atoms with Gasteiger partial charge >= 0.3 is 0 Å². The lowest BCUT2D eigenvalue weighted by molar-refractivity contribution is 1.17. The second-order valence-electron chi connectivity index (χ2n) is 2.86. The van der Waals surface area contributed by atoms with Gasteiger partial charge in [0.2, 0.25) is 0 Å². The fourth-order valence-electron chi connectivity index (χ4n) is 1.08. The number of hydrogen-bond acceptors (Lipinski definition) is 3. The summed E-state index contributed by atoms with van der Waals surface area (Å²) in [5.74, 6) is 0.650. The molecule has 2 aromatic rings. The van der Waals surface area contributed by atoms with Gasteiger partial charge in [-0.15, -0.1) is 0 Å². The van der Waals surface area contributed by atoms with Crippen molar-refractivity contribution in [1.82, 2.24) is 9.97 Å². The average Bonchev–Trinajstić information content (AvgIpc) is 2.22. The van der Waals surface area contributed by atoms with Gasteiger partial charge < -0.3 is 5.32 Å². The molecule has 76 valence electrons. The highest BCUT2D eigenvalue weighted by Crippen LogP contribution is 2.18. The molecule has 0 aliphatic rings. The molecule has 2 rings (SSSR count). The van der Waals surface area contributed by atoms with Crippen molar-refractivity contribution >= 4 is 34.7 Å². The van der Waals surface area contributed by atoms with Crippen LogP contribution in [-0.4, -0.2) is 9.97 Å². The molecular formula is C10H7Cl2N3. The maximum Gasteiger partial charge on any atom is 0.135 e. The smallest absolute Gasteiger partial charge is 0.135 e. The number of nitrogens with one attached hydrogen (secondary N) is 1. The van der Waals surface area contributed by atoms with Crippen LogP contribution in [0.3, 0.4) is 0 Å². The normalized spacial score (nSPS) is 10.0. The number of halogens is 2. The van der Waals surface area contributed by atoms with Gasteiger partial charge in [0.05, 0.1) is 0 Å². The van der Waals surface area contributed by atoms with Crippen LogP contribution in [0, 0.1) is 0 Å². The maximum atomic E-state index is 5.77. The zero-order valence-corrected chi connectivity index (χ0v) is 9.13. The number of anilines is 2. The molecule has 0 aliphatic heterocycles. The van der Waals surface area contributed by atoms with Crippen molar-refractivity contribution in [2.75, 3.05) is 5.32 Å². The standard InChI is InChI=1S/C10H7Cl2N3/c11-7-1-3-8(4-2-7)15-10-5-9(12)13-6-14-10/h1-6H,(H,13,14,15). The van der Waals surface area contributed by atoms with Crippen LogP contribution < -0.4 is 5.32 Å². The Morgan fingerprint density at radius 1 is 1.00 bits per heavy atom. The molecule has 0 unspecified atom stereocenters.